The van der Waals surface area contributed by atoms with Crippen LogP contribution in [0.4, 0.5) is 8.78 Å². The second-order valence-corrected chi connectivity index (χ2v) is 3.45. The van der Waals surface area contributed by atoms with Crippen molar-refractivity contribution in [1.82, 2.24) is 0 Å². The highest BCUT2D eigenvalue weighted by molar-refractivity contribution is 5.83. The lowest BCUT2D eigenvalue weighted by Crippen LogP contribution is -2.33. The molecule has 1 aliphatic rings. The Labute approximate surface area is 76.3 Å². The Hall–Kier alpha value is -0.510. The Balaban J connectivity index is 2.41. The molecule has 76 valence electrons. The molecule has 2 nitrogen and oxygen atoms in total. The molecule has 1 atom stereocenters. The van der Waals surface area contributed by atoms with Crippen LogP contribution in [0, 0.1) is 0 Å². The molecule has 0 saturated carbocycles. The Morgan fingerprint density at radius 3 is 2.69 bits per heavy atom. The molecule has 0 radical (unpaired) electrons. The normalized spacial score (nSPS) is 24.4. The first-order chi connectivity index (χ1) is 6.02. The third-order valence-corrected chi connectivity index (χ3v) is 2.27. The first-order valence-corrected chi connectivity index (χ1v) is 4.53. The van der Waals surface area contributed by atoms with Gasteiger partial charge in [-0.15, -0.1) is 0 Å². The number of ether oxygens (including phenoxy) is 1. The number of rotatable bonds is 3. The number of ketones is 1. The first-order valence-electron chi connectivity index (χ1n) is 4.53. The summed E-state index contributed by atoms with van der Waals surface area (Å²) in [7, 11) is 0. The van der Waals surface area contributed by atoms with Crippen LogP contribution in [0.1, 0.15) is 32.6 Å². The highest BCUT2D eigenvalue weighted by Crippen LogP contribution is 2.27. The van der Waals surface area contributed by atoms with E-state index in [4.69, 9.17) is 4.74 Å². The second kappa shape index (κ2) is 4.13. The maximum atomic E-state index is 12.9. The van der Waals surface area contributed by atoms with Gasteiger partial charge in [-0.25, -0.2) is 0 Å². The Bertz CT molecular complexity index is 186. The molecule has 0 amide bonds. The van der Waals surface area contributed by atoms with Crippen LogP contribution in [-0.2, 0) is 9.53 Å². The van der Waals surface area contributed by atoms with Gasteiger partial charge in [0.25, 0.3) is 0 Å². The average Bonchev–Trinajstić information content (AvgIpc) is 2.05. The maximum absolute atomic E-state index is 12.9. The van der Waals surface area contributed by atoms with Gasteiger partial charge in [0.15, 0.2) is 5.78 Å². The summed E-state index contributed by atoms with van der Waals surface area (Å²) >= 11 is 0. The molecule has 1 aliphatic heterocycles. The van der Waals surface area contributed by atoms with E-state index in [1.807, 2.05) is 0 Å². The summed E-state index contributed by atoms with van der Waals surface area (Å²) in [5.41, 5.74) is 0. The molecule has 0 aromatic rings. The van der Waals surface area contributed by atoms with Crippen molar-refractivity contribution in [2.45, 2.75) is 44.6 Å². The number of Topliss-reactive ketones (excluding diaryl/α,β-unsaturated/α-hetero) is 1. The van der Waals surface area contributed by atoms with E-state index >= 15 is 0 Å². The van der Waals surface area contributed by atoms with E-state index in [-0.39, 0.29) is 0 Å². The van der Waals surface area contributed by atoms with Crippen molar-refractivity contribution in [1.29, 1.82) is 0 Å². The SMILES string of the molecule is CC(=O)C(F)(F)CC1CCCCO1. The quantitative estimate of drug-likeness (QED) is 0.685. The zero-order chi connectivity index (χ0) is 9.90. The van der Waals surface area contributed by atoms with Gasteiger partial charge >= 0.3 is 5.92 Å². The Morgan fingerprint density at radius 1 is 1.54 bits per heavy atom. The Kier molecular flexibility index (Phi) is 3.36. The highest BCUT2D eigenvalue weighted by Gasteiger charge is 2.38. The minimum atomic E-state index is -3.21. The number of alkyl halides is 2. The van der Waals surface area contributed by atoms with Crippen LogP contribution < -0.4 is 0 Å². The molecule has 0 aliphatic carbocycles. The molecule has 0 bridgehead atoms. The number of carbonyl (C=O) groups is 1. The molecule has 1 fully saturated rings. The maximum Gasteiger partial charge on any atom is 0.307 e. The second-order valence-electron chi connectivity index (χ2n) is 3.45. The van der Waals surface area contributed by atoms with Crippen LogP contribution in [0.3, 0.4) is 0 Å². The van der Waals surface area contributed by atoms with Gasteiger partial charge in [0.05, 0.1) is 6.10 Å². The third-order valence-electron chi connectivity index (χ3n) is 2.27. The minimum Gasteiger partial charge on any atom is -0.378 e. The molecule has 1 rings (SSSR count). The average molecular weight is 192 g/mol. The van der Waals surface area contributed by atoms with E-state index in [0.717, 1.165) is 19.8 Å². The molecule has 1 unspecified atom stereocenters. The molecule has 0 spiro atoms. The van der Waals surface area contributed by atoms with Crippen molar-refractivity contribution in [3.8, 4) is 0 Å². The molecule has 1 heterocycles. The van der Waals surface area contributed by atoms with Gasteiger partial charge in [0.1, 0.15) is 0 Å². The van der Waals surface area contributed by atoms with Crippen LogP contribution in [0.15, 0.2) is 0 Å². The van der Waals surface area contributed by atoms with Gasteiger partial charge in [-0.05, 0) is 19.3 Å². The number of hydrogen-bond acceptors (Lipinski definition) is 2. The molecule has 0 aromatic carbocycles. The zero-order valence-corrected chi connectivity index (χ0v) is 7.69. The highest BCUT2D eigenvalue weighted by atomic mass is 19.3. The van der Waals surface area contributed by atoms with Crippen molar-refractivity contribution < 1.29 is 18.3 Å². The fourth-order valence-corrected chi connectivity index (χ4v) is 1.40. The number of carbonyl (C=O) groups excluding carboxylic acids is 1. The summed E-state index contributed by atoms with van der Waals surface area (Å²) in [6, 6.07) is 0. The lowest BCUT2D eigenvalue weighted by atomic mass is 10.0. The zero-order valence-electron chi connectivity index (χ0n) is 7.69. The van der Waals surface area contributed by atoms with Crippen molar-refractivity contribution in [3.05, 3.63) is 0 Å². The van der Waals surface area contributed by atoms with E-state index in [1.165, 1.54) is 0 Å². The minimum absolute atomic E-state index is 0.437. The topological polar surface area (TPSA) is 26.3 Å². The first kappa shape index (κ1) is 10.6. The van der Waals surface area contributed by atoms with E-state index in [1.54, 1.807) is 0 Å². The summed E-state index contributed by atoms with van der Waals surface area (Å²) in [6.45, 7) is 1.46. The van der Waals surface area contributed by atoms with Crippen molar-refractivity contribution in [2.24, 2.45) is 0 Å². The van der Waals surface area contributed by atoms with E-state index < -0.39 is 24.2 Å². The molecular formula is C9H14F2O2. The van der Waals surface area contributed by atoms with E-state index in [2.05, 4.69) is 0 Å². The van der Waals surface area contributed by atoms with Crippen LogP contribution in [0.2, 0.25) is 0 Å². The summed E-state index contributed by atoms with van der Waals surface area (Å²) < 4.78 is 30.9. The number of halogens is 2. The fraction of sp³-hybridized carbons (Fsp3) is 0.889. The molecular weight excluding hydrogens is 178 g/mol. The van der Waals surface area contributed by atoms with Gasteiger partial charge < -0.3 is 4.74 Å². The van der Waals surface area contributed by atoms with Gasteiger partial charge in [-0.3, -0.25) is 4.79 Å². The van der Waals surface area contributed by atoms with Gasteiger partial charge in [0.2, 0.25) is 0 Å². The van der Waals surface area contributed by atoms with Crippen LogP contribution in [0.5, 0.6) is 0 Å². The standard InChI is InChI=1S/C9H14F2O2/c1-7(12)9(10,11)6-8-4-2-3-5-13-8/h8H,2-6H2,1H3. The van der Waals surface area contributed by atoms with Crippen molar-refractivity contribution in [2.75, 3.05) is 6.61 Å². The fourth-order valence-electron chi connectivity index (χ4n) is 1.40. The lowest BCUT2D eigenvalue weighted by molar-refractivity contribution is -0.148. The molecule has 0 N–H and O–H groups in total. The molecule has 0 aromatic heterocycles. The summed E-state index contributed by atoms with van der Waals surface area (Å²) in [4.78, 5) is 10.5. The monoisotopic (exact) mass is 192 g/mol. The van der Waals surface area contributed by atoms with Crippen molar-refractivity contribution in [3.63, 3.8) is 0 Å². The third kappa shape index (κ3) is 3.03. The summed E-state index contributed by atoms with van der Waals surface area (Å²) in [5.74, 6) is -4.27. The summed E-state index contributed by atoms with van der Waals surface area (Å²) in [5, 5.41) is 0. The number of hydrogen-bond donors (Lipinski definition) is 0. The van der Waals surface area contributed by atoms with Crippen LogP contribution in [0.25, 0.3) is 0 Å². The van der Waals surface area contributed by atoms with Gasteiger partial charge in [-0.1, -0.05) is 0 Å². The van der Waals surface area contributed by atoms with Gasteiger partial charge in [-0.2, -0.15) is 8.78 Å². The lowest BCUT2D eigenvalue weighted by Gasteiger charge is -2.25. The van der Waals surface area contributed by atoms with Crippen LogP contribution in [-0.4, -0.2) is 24.4 Å². The van der Waals surface area contributed by atoms with E-state index in [0.29, 0.717) is 13.0 Å². The smallest absolute Gasteiger partial charge is 0.307 e. The summed E-state index contributed by atoms with van der Waals surface area (Å²) in [6.07, 6.45) is 1.60. The van der Waals surface area contributed by atoms with Crippen LogP contribution >= 0.6 is 0 Å². The predicted octanol–water partition coefficient (Wildman–Crippen LogP) is 2.17. The van der Waals surface area contributed by atoms with Gasteiger partial charge in [0, 0.05) is 20.0 Å². The molecule has 1 saturated heterocycles. The van der Waals surface area contributed by atoms with E-state index in [9.17, 15) is 13.6 Å². The Morgan fingerprint density at radius 2 is 2.23 bits per heavy atom. The van der Waals surface area contributed by atoms with Crippen molar-refractivity contribution >= 4 is 5.78 Å². The predicted molar refractivity (Wildman–Crippen MR) is 43.8 cm³/mol. The largest absolute Gasteiger partial charge is 0.378 e. The molecule has 4 heteroatoms. The molecule has 13 heavy (non-hydrogen) atoms.